The van der Waals surface area contributed by atoms with Crippen LogP contribution in [0.1, 0.15) is 198 Å². The van der Waals surface area contributed by atoms with Gasteiger partial charge in [0.1, 0.15) is 42.3 Å². The molecule has 0 aromatic rings. The van der Waals surface area contributed by atoms with Gasteiger partial charge in [-0.2, -0.15) is 0 Å². The quantitative estimate of drug-likeness (QED) is 0.0554. The second kappa shape index (κ2) is 35.0. The highest BCUT2D eigenvalue weighted by molar-refractivity contribution is 5.98. The van der Waals surface area contributed by atoms with Gasteiger partial charge in [-0.3, -0.25) is 47.9 Å². The van der Waals surface area contributed by atoms with E-state index in [1.807, 2.05) is 41.5 Å². The monoisotopic (exact) mass is 1030 g/mol. The third-order valence-electron chi connectivity index (χ3n) is 12.6. The molecule has 0 aliphatic carbocycles. The molecule has 0 aromatic heterocycles. The Bertz CT molecular complexity index is 1790. The molecule has 418 valence electrons. The maximum atomic E-state index is 14.3. The third-order valence-corrected chi connectivity index (χ3v) is 12.6. The van der Waals surface area contributed by atoms with Gasteiger partial charge in [-0.25, -0.2) is 0 Å². The zero-order valence-electron chi connectivity index (χ0n) is 45.9. The molecule has 0 spiro atoms. The number of rotatable bonds is 25. The number of aliphatic carboxylic acids is 2. The lowest BCUT2D eigenvalue weighted by atomic mass is 9.98. The van der Waals surface area contributed by atoms with Crippen molar-refractivity contribution in [3.05, 3.63) is 0 Å². The fourth-order valence-corrected chi connectivity index (χ4v) is 8.75. The van der Waals surface area contributed by atoms with Crippen LogP contribution < -0.4 is 42.5 Å². The van der Waals surface area contributed by atoms with Crippen molar-refractivity contribution in [3.8, 4) is 0 Å². The van der Waals surface area contributed by atoms with Crippen molar-refractivity contribution in [2.45, 2.75) is 246 Å². The summed E-state index contributed by atoms with van der Waals surface area (Å²) in [6, 6.07) is -10.2. The number of carboxylic acids is 2. The number of carboxylic acid groups (broad SMARTS) is 2. The van der Waals surface area contributed by atoms with Gasteiger partial charge in [0.05, 0.1) is 6.42 Å². The van der Waals surface area contributed by atoms with E-state index >= 15 is 0 Å². The summed E-state index contributed by atoms with van der Waals surface area (Å²) in [6.45, 7) is 19.9. The van der Waals surface area contributed by atoms with Gasteiger partial charge in [0.15, 0.2) is 0 Å². The Morgan fingerprint density at radius 3 is 1.16 bits per heavy atom. The van der Waals surface area contributed by atoms with Crippen LogP contribution in [0.25, 0.3) is 0 Å². The van der Waals surface area contributed by atoms with Crippen molar-refractivity contribution in [1.82, 2.24) is 42.5 Å². The Morgan fingerprint density at radius 1 is 0.425 bits per heavy atom. The zero-order valence-corrected chi connectivity index (χ0v) is 45.9. The number of nitrogens with one attached hydrogen (secondary N) is 8. The summed E-state index contributed by atoms with van der Waals surface area (Å²) in [5, 5.41) is 41.0. The maximum absolute atomic E-state index is 14.3. The first-order chi connectivity index (χ1) is 34.2. The van der Waals surface area contributed by atoms with E-state index in [0.29, 0.717) is 12.8 Å². The molecule has 0 radical (unpaired) electrons. The highest BCUT2D eigenvalue weighted by Crippen LogP contribution is 2.17. The summed E-state index contributed by atoms with van der Waals surface area (Å²) in [6.07, 6.45) is 9.14. The van der Waals surface area contributed by atoms with Crippen molar-refractivity contribution in [2.24, 2.45) is 29.6 Å². The molecule has 1 saturated heterocycles. The summed E-state index contributed by atoms with van der Waals surface area (Å²) in [7, 11) is 0. The molecule has 1 aliphatic rings. The second-order valence-corrected chi connectivity index (χ2v) is 22.1. The fourth-order valence-electron chi connectivity index (χ4n) is 8.75. The first kappa shape index (κ1) is 65.7. The highest BCUT2D eigenvalue weighted by atomic mass is 16.4. The lowest BCUT2D eigenvalue weighted by Crippen LogP contribution is -2.61. The van der Waals surface area contributed by atoms with Crippen LogP contribution in [0.5, 0.6) is 0 Å². The van der Waals surface area contributed by atoms with Crippen molar-refractivity contribution in [2.75, 3.05) is 0 Å². The molecule has 0 saturated carbocycles. The highest BCUT2D eigenvalue weighted by Gasteiger charge is 2.37. The molecule has 4 unspecified atom stereocenters. The Kier molecular flexibility index (Phi) is 31.5. The molecule has 1 heterocycles. The lowest BCUT2D eigenvalue weighted by molar-refractivity contribution is -0.142. The molecule has 73 heavy (non-hydrogen) atoms. The molecule has 20 nitrogen and oxygen atoms in total. The molecule has 20 heteroatoms. The van der Waals surface area contributed by atoms with Gasteiger partial charge in [0.2, 0.25) is 47.3 Å². The number of hydrogen-bond acceptors (Lipinski definition) is 10. The second-order valence-electron chi connectivity index (χ2n) is 22.1. The predicted molar refractivity (Wildman–Crippen MR) is 278 cm³/mol. The normalized spacial score (nSPS) is 23.9. The summed E-state index contributed by atoms with van der Waals surface area (Å²) in [5.41, 5.74) is 0. The van der Waals surface area contributed by atoms with Gasteiger partial charge in [0.25, 0.3) is 0 Å². The van der Waals surface area contributed by atoms with Crippen molar-refractivity contribution in [1.29, 1.82) is 0 Å². The maximum Gasteiger partial charge on any atom is 0.305 e. The molecule has 8 amide bonds. The Balaban J connectivity index is 3.94. The average molecular weight is 1040 g/mol. The number of carbonyl (C=O) groups is 10. The van der Waals surface area contributed by atoms with Crippen LogP contribution in [0.3, 0.4) is 0 Å². The number of unbranched alkanes of at least 4 members (excludes halogenated alkanes) is 9. The Labute approximate surface area is 434 Å². The molecule has 8 atom stereocenters. The van der Waals surface area contributed by atoms with E-state index in [-0.39, 0.29) is 62.2 Å². The van der Waals surface area contributed by atoms with Crippen LogP contribution in [0.4, 0.5) is 0 Å². The summed E-state index contributed by atoms with van der Waals surface area (Å²) in [4.78, 5) is 137. The molecule has 10 N–H and O–H groups in total. The molecule has 1 fully saturated rings. The molecule has 1 aliphatic heterocycles. The Hall–Kier alpha value is -5.30. The summed E-state index contributed by atoms with van der Waals surface area (Å²) in [5.74, 6) is -10.3. The molecule has 0 bridgehead atoms. The SMILES string of the molecule is CCCCCCCCCCCCC1CC(=O)N[C@@H](CCC(=O)O)C(=O)NC(CC(C)C)C(=O)N[C@H](CC(C)C)C(=O)N[C@@H](C(C)C)C(=O)NC(CC(=O)O)C(=O)N[C@H](CC(C)C)C(=O)NC(CC(C)C)C(=O)N1. The van der Waals surface area contributed by atoms with Crippen LogP contribution in [0, 0.1) is 29.6 Å². The van der Waals surface area contributed by atoms with E-state index in [2.05, 4.69) is 49.5 Å². The van der Waals surface area contributed by atoms with Gasteiger partial charge < -0.3 is 52.7 Å². The third kappa shape index (κ3) is 28.1. The smallest absolute Gasteiger partial charge is 0.305 e. The lowest BCUT2D eigenvalue weighted by Gasteiger charge is -2.29. The van der Waals surface area contributed by atoms with Crippen molar-refractivity contribution >= 4 is 59.2 Å². The van der Waals surface area contributed by atoms with Gasteiger partial charge in [0, 0.05) is 18.9 Å². The Morgan fingerprint density at radius 2 is 0.781 bits per heavy atom. The first-order valence-corrected chi connectivity index (χ1v) is 27.1. The number of hydrogen-bond donors (Lipinski definition) is 10. The first-order valence-electron chi connectivity index (χ1n) is 27.1. The summed E-state index contributed by atoms with van der Waals surface area (Å²) >= 11 is 0. The molecule has 0 aromatic carbocycles. The largest absolute Gasteiger partial charge is 0.481 e. The molecule has 1 rings (SSSR count). The minimum Gasteiger partial charge on any atom is -0.481 e. The van der Waals surface area contributed by atoms with Crippen LogP contribution in [-0.4, -0.2) is 118 Å². The standard InChI is InChI=1S/C53H94N8O12/c1-12-13-14-15-16-17-18-19-20-21-22-36-29-43(62)55-37(23-24-44(63)64)47(67)56-39(26-32(4)5)49(69)59-41(28-34(8)9)52(72)61-46(35(10)11)53(73)60-42(30-45(65)66)51(71)58-40(27-33(6)7)50(70)57-38(25-31(2)3)48(68)54-36/h31-42,46H,12-30H2,1-11H3,(H,54,68)(H,55,62)(H,56,67)(H,57,70)(H,58,71)(H,59,69)(H,60,73)(H,61,72)(H,63,64)(H,65,66)/t36?,37-,38?,39?,40+,41+,42?,46-/m0/s1. The molecular formula is C53H94N8O12. The van der Waals surface area contributed by atoms with E-state index in [0.717, 1.165) is 32.1 Å². The summed E-state index contributed by atoms with van der Waals surface area (Å²) < 4.78 is 0. The zero-order chi connectivity index (χ0) is 55.4. The van der Waals surface area contributed by atoms with E-state index in [9.17, 15) is 58.2 Å². The van der Waals surface area contributed by atoms with Crippen LogP contribution in [0.2, 0.25) is 0 Å². The van der Waals surface area contributed by atoms with Gasteiger partial charge in [-0.1, -0.05) is 140 Å². The minimum absolute atomic E-state index is 0.0607. The van der Waals surface area contributed by atoms with Crippen LogP contribution in [0.15, 0.2) is 0 Å². The van der Waals surface area contributed by atoms with Gasteiger partial charge in [-0.05, 0) is 68.1 Å². The van der Waals surface area contributed by atoms with E-state index in [1.165, 1.54) is 25.7 Å². The average Bonchev–Trinajstić information content (AvgIpc) is 3.27. The van der Waals surface area contributed by atoms with Crippen molar-refractivity contribution in [3.63, 3.8) is 0 Å². The topological polar surface area (TPSA) is 307 Å². The van der Waals surface area contributed by atoms with Crippen LogP contribution >= 0.6 is 0 Å². The predicted octanol–water partition coefficient (Wildman–Crippen LogP) is 4.76. The van der Waals surface area contributed by atoms with E-state index < -0.39 is 126 Å². The van der Waals surface area contributed by atoms with Gasteiger partial charge >= 0.3 is 11.9 Å². The van der Waals surface area contributed by atoms with E-state index in [4.69, 9.17) is 0 Å². The van der Waals surface area contributed by atoms with Crippen LogP contribution in [-0.2, 0) is 47.9 Å². The van der Waals surface area contributed by atoms with Gasteiger partial charge in [-0.15, -0.1) is 0 Å². The number of amides is 8. The fraction of sp³-hybridized carbons (Fsp3) is 0.811. The molecular weight excluding hydrogens is 941 g/mol. The minimum atomic E-state index is -1.71. The number of carbonyl (C=O) groups excluding carboxylic acids is 8. The van der Waals surface area contributed by atoms with Crippen molar-refractivity contribution < 1.29 is 58.2 Å². The van der Waals surface area contributed by atoms with E-state index in [1.54, 1.807) is 27.7 Å².